The van der Waals surface area contributed by atoms with Crippen molar-refractivity contribution in [3.63, 3.8) is 0 Å². The Morgan fingerprint density at radius 1 is 1.85 bits per heavy atom. The topological polar surface area (TPSA) is 75.6 Å². The second-order valence-electron chi connectivity index (χ2n) is 3.32. The summed E-state index contributed by atoms with van der Waals surface area (Å²) in [5.74, 6) is -0.368. The van der Waals surface area contributed by atoms with E-state index in [0.29, 0.717) is 0 Å². The molecule has 0 aromatic heterocycles. The SMILES string of the molecule is C=CC(=O)NC1(C)COP(=O)(O)C1. The summed E-state index contributed by atoms with van der Waals surface area (Å²) in [5.41, 5.74) is -0.754. The number of carbonyl (C=O) groups excluding carboxylic acids is 1. The minimum Gasteiger partial charge on any atom is -0.344 e. The molecule has 0 aliphatic carbocycles. The van der Waals surface area contributed by atoms with Gasteiger partial charge in [0, 0.05) is 0 Å². The van der Waals surface area contributed by atoms with E-state index in [2.05, 4.69) is 16.4 Å². The van der Waals surface area contributed by atoms with Crippen LogP contribution in [0.3, 0.4) is 0 Å². The van der Waals surface area contributed by atoms with Crippen LogP contribution in [0.4, 0.5) is 0 Å². The number of amides is 1. The number of carbonyl (C=O) groups is 1. The molecule has 2 N–H and O–H groups in total. The van der Waals surface area contributed by atoms with Crippen LogP contribution in [0.5, 0.6) is 0 Å². The quantitative estimate of drug-likeness (QED) is 0.501. The molecule has 1 rings (SSSR count). The van der Waals surface area contributed by atoms with Gasteiger partial charge in [-0.15, -0.1) is 0 Å². The van der Waals surface area contributed by atoms with Crippen molar-refractivity contribution in [2.45, 2.75) is 12.5 Å². The van der Waals surface area contributed by atoms with Gasteiger partial charge in [-0.2, -0.15) is 0 Å². The summed E-state index contributed by atoms with van der Waals surface area (Å²) in [5, 5.41) is 2.55. The maximum absolute atomic E-state index is 11.1. The third-order valence-electron chi connectivity index (χ3n) is 1.74. The van der Waals surface area contributed by atoms with Gasteiger partial charge in [0.25, 0.3) is 0 Å². The Hall–Kier alpha value is -0.640. The van der Waals surface area contributed by atoms with Crippen LogP contribution in [0, 0.1) is 0 Å². The van der Waals surface area contributed by atoms with Gasteiger partial charge in [0.15, 0.2) is 0 Å². The van der Waals surface area contributed by atoms with E-state index in [-0.39, 0.29) is 18.7 Å². The van der Waals surface area contributed by atoms with Gasteiger partial charge in [0.2, 0.25) is 5.91 Å². The Kier molecular flexibility index (Phi) is 2.61. The van der Waals surface area contributed by atoms with Crippen molar-refractivity contribution in [2.75, 3.05) is 12.8 Å². The smallest absolute Gasteiger partial charge is 0.330 e. The van der Waals surface area contributed by atoms with E-state index in [4.69, 9.17) is 4.89 Å². The van der Waals surface area contributed by atoms with Gasteiger partial charge in [0.05, 0.1) is 18.3 Å². The van der Waals surface area contributed by atoms with Crippen molar-refractivity contribution >= 4 is 13.5 Å². The van der Waals surface area contributed by atoms with Crippen LogP contribution in [0.1, 0.15) is 6.92 Å². The van der Waals surface area contributed by atoms with Gasteiger partial charge in [-0.3, -0.25) is 9.36 Å². The first-order valence-corrected chi connectivity index (χ1v) is 5.54. The molecular formula is C7H12NO4P. The fraction of sp³-hybridized carbons (Fsp3) is 0.571. The summed E-state index contributed by atoms with van der Waals surface area (Å²) >= 11 is 0. The Bertz CT molecular complexity index is 290. The van der Waals surface area contributed by atoms with Crippen LogP contribution in [0.15, 0.2) is 12.7 Å². The van der Waals surface area contributed by atoms with E-state index in [9.17, 15) is 9.36 Å². The molecular weight excluding hydrogens is 193 g/mol. The second kappa shape index (κ2) is 3.25. The van der Waals surface area contributed by atoms with Crippen molar-refractivity contribution < 1.29 is 18.8 Å². The van der Waals surface area contributed by atoms with Gasteiger partial charge >= 0.3 is 7.60 Å². The lowest BCUT2D eigenvalue weighted by Gasteiger charge is -2.21. The monoisotopic (exact) mass is 205 g/mol. The Labute approximate surface area is 76.3 Å². The highest BCUT2D eigenvalue weighted by molar-refractivity contribution is 7.53. The fourth-order valence-electron chi connectivity index (χ4n) is 1.20. The lowest BCUT2D eigenvalue weighted by molar-refractivity contribution is -0.118. The summed E-state index contributed by atoms with van der Waals surface area (Å²) in [6.07, 6.45) is 1.06. The molecule has 1 heterocycles. The molecule has 1 fully saturated rings. The van der Waals surface area contributed by atoms with E-state index in [1.807, 2.05) is 0 Å². The van der Waals surface area contributed by atoms with E-state index in [0.717, 1.165) is 6.08 Å². The molecule has 1 saturated heterocycles. The van der Waals surface area contributed by atoms with Crippen LogP contribution in [-0.2, 0) is 13.9 Å². The molecule has 0 spiro atoms. The first-order chi connectivity index (χ1) is 5.87. The summed E-state index contributed by atoms with van der Waals surface area (Å²) in [4.78, 5) is 20.0. The zero-order chi connectivity index (χ0) is 10.1. The maximum atomic E-state index is 11.1. The Balaban J connectivity index is 2.65. The normalized spacial score (nSPS) is 38.6. The fourth-order valence-corrected chi connectivity index (χ4v) is 2.83. The molecule has 13 heavy (non-hydrogen) atoms. The average molecular weight is 205 g/mol. The van der Waals surface area contributed by atoms with Gasteiger partial charge in [-0.25, -0.2) is 0 Å². The number of hydrogen-bond acceptors (Lipinski definition) is 3. The van der Waals surface area contributed by atoms with Gasteiger partial charge in [0.1, 0.15) is 0 Å². The largest absolute Gasteiger partial charge is 0.344 e. The average Bonchev–Trinajstić information content (AvgIpc) is 2.25. The summed E-state index contributed by atoms with van der Waals surface area (Å²) in [6.45, 7) is 5.00. The number of hydrogen-bond donors (Lipinski definition) is 2. The van der Waals surface area contributed by atoms with Crippen molar-refractivity contribution in [3.05, 3.63) is 12.7 Å². The molecule has 1 amide bonds. The highest BCUT2D eigenvalue weighted by Crippen LogP contribution is 2.50. The molecule has 0 radical (unpaired) electrons. The minimum absolute atomic E-state index is 0.0559. The third kappa shape index (κ3) is 2.66. The number of rotatable bonds is 2. The molecule has 1 aliphatic heterocycles. The minimum atomic E-state index is -3.48. The van der Waals surface area contributed by atoms with Crippen LogP contribution in [0.25, 0.3) is 0 Å². The van der Waals surface area contributed by atoms with Gasteiger partial charge in [-0.1, -0.05) is 6.58 Å². The molecule has 5 nitrogen and oxygen atoms in total. The maximum Gasteiger partial charge on any atom is 0.330 e. The molecule has 0 saturated carbocycles. The molecule has 1 aliphatic rings. The summed E-state index contributed by atoms with van der Waals surface area (Å²) in [6, 6.07) is 0. The molecule has 0 bridgehead atoms. The highest BCUT2D eigenvalue weighted by atomic mass is 31.2. The highest BCUT2D eigenvalue weighted by Gasteiger charge is 2.43. The zero-order valence-corrected chi connectivity index (χ0v) is 8.21. The summed E-state index contributed by atoms with van der Waals surface area (Å²) in [7, 11) is -3.48. The summed E-state index contributed by atoms with van der Waals surface area (Å²) < 4.78 is 15.7. The predicted molar refractivity (Wildman–Crippen MR) is 47.4 cm³/mol. The van der Waals surface area contributed by atoms with Gasteiger partial charge < -0.3 is 14.7 Å². The molecule has 0 aromatic rings. The van der Waals surface area contributed by atoms with E-state index in [1.54, 1.807) is 6.92 Å². The Morgan fingerprint density at radius 2 is 2.46 bits per heavy atom. The molecule has 6 heteroatoms. The van der Waals surface area contributed by atoms with Crippen molar-refractivity contribution in [1.29, 1.82) is 0 Å². The molecule has 74 valence electrons. The van der Waals surface area contributed by atoms with Crippen LogP contribution in [-0.4, -0.2) is 29.1 Å². The molecule has 2 unspecified atom stereocenters. The van der Waals surface area contributed by atoms with Crippen LogP contribution < -0.4 is 5.32 Å². The number of nitrogens with one attached hydrogen (secondary N) is 1. The molecule has 0 aromatic carbocycles. The van der Waals surface area contributed by atoms with Gasteiger partial charge in [-0.05, 0) is 13.0 Å². The zero-order valence-electron chi connectivity index (χ0n) is 7.32. The standard InChI is InChI=1S/C7H12NO4P/c1-3-6(9)8-7(2)4-12-13(10,11)5-7/h3H,1,4-5H2,2H3,(H,8,9)(H,10,11). The van der Waals surface area contributed by atoms with E-state index < -0.39 is 13.1 Å². The van der Waals surface area contributed by atoms with Crippen molar-refractivity contribution in [2.24, 2.45) is 0 Å². The second-order valence-corrected chi connectivity index (χ2v) is 5.17. The van der Waals surface area contributed by atoms with Crippen molar-refractivity contribution in [1.82, 2.24) is 5.32 Å². The lowest BCUT2D eigenvalue weighted by atomic mass is 10.1. The van der Waals surface area contributed by atoms with Crippen LogP contribution >= 0.6 is 7.60 Å². The lowest BCUT2D eigenvalue weighted by Crippen LogP contribution is -2.47. The first-order valence-electron chi connectivity index (χ1n) is 3.78. The van der Waals surface area contributed by atoms with Crippen LogP contribution in [0.2, 0.25) is 0 Å². The van der Waals surface area contributed by atoms with E-state index >= 15 is 0 Å². The van der Waals surface area contributed by atoms with E-state index in [1.165, 1.54) is 0 Å². The predicted octanol–water partition coefficient (Wildman–Crippen LogP) is 0.263. The van der Waals surface area contributed by atoms with Crippen molar-refractivity contribution in [3.8, 4) is 0 Å². The third-order valence-corrected chi connectivity index (χ3v) is 3.37. The first kappa shape index (κ1) is 10.4. The Morgan fingerprint density at radius 3 is 2.85 bits per heavy atom. The molecule has 2 atom stereocenters.